The van der Waals surface area contributed by atoms with Crippen molar-refractivity contribution in [3.8, 4) is 0 Å². The maximum absolute atomic E-state index is 12.3. The minimum atomic E-state index is -0.0154. The first-order chi connectivity index (χ1) is 12.2. The standard InChI is InChI=1S/C20H23N3O2/c24-19(21-17-7-3-1-4-8-17)15-23-13-11-16(12-14-23)20(25)22-18-9-5-2-6-10-18/h1-10,16H,11-15H2,(H,21,24)(H,22,25). The van der Waals surface area contributed by atoms with Gasteiger partial charge in [0.05, 0.1) is 6.54 Å². The minimum absolute atomic E-state index is 0.00800. The van der Waals surface area contributed by atoms with Gasteiger partial charge >= 0.3 is 0 Å². The number of para-hydroxylation sites is 2. The van der Waals surface area contributed by atoms with Crippen molar-refractivity contribution in [2.45, 2.75) is 12.8 Å². The zero-order chi connectivity index (χ0) is 17.5. The average Bonchev–Trinajstić information content (AvgIpc) is 2.64. The molecule has 0 spiro atoms. The van der Waals surface area contributed by atoms with Gasteiger partial charge in [-0.1, -0.05) is 36.4 Å². The first kappa shape index (κ1) is 17.2. The van der Waals surface area contributed by atoms with Crippen LogP contribution in [0.25, 0.3) is 0 Å². The predicted octanol–water partition coefficient (Wildman–Crippen LogP) is 2.98. The van der Waals surface area contributed by atoms with Gasteiger partial charge in [0.15, 0.2) is 0 Å². The number of nitrogens with zero attached hydrogens (tertiary/aromatic N) is 1. The summed E-state index contributed by atoms with van der Waals surface area (Å²) in [6, 6.07) is 19.0. The monoisotopic (exact) mass is 337 g/mol. The van der Waals surface area contributed by atoms with E-state index in [2.05, 4.69) is 15.5 Å². The molecule has 0 aliphatic carbocycles. The molecular formula is C20H23N3O2. The summed E-state index contributed by atoms with van der Waals surface area (Å²) >= 11 is 0. The summed E-state index contributed by atoms with van der Waals surface area (Å²) in [5, 5.41) is 5.86. The van der Waals surface area contributed by atoms with Crippen LogP contribution in [-0.4, -0.2) is 36.3 Å². The SMILES string of the molecule is O=C(CN1CCC(C(=O)Nc2ccccc2)CC1)Nc1ccccc1. The van der Waals surface area contributed by atoms with E-state index in [1.807, 2.05) is 60.7 Å². The van der Waals surface area contributed by atoms with Crippen LogP contribution in [-0.2, 0) is 9.59 Å². The van der Waals surface area contributed by atoms with Crippen LogP contribution in [0, 0.1) is 5.92 Å². The van der Waals surface area contributed by atoms with E-state index < -0.39 is 0 Å². The van der Waals surface area contributed by atoms with Gasteiger partial charge in [0.25, 0.3) is 0 Å². The highest BCUT2D eigenvalue weighted by atomic mass is 16.2. The van der Waals surface area contributed by atoms with E-state index in [1.165, 1.54) is 0 Å². The fourth-order valence-electron chi connectivity index (χ4n) is 3.04. The molecule has 0 radical (unpaired) electrons. The summed E-state index contributed by atoms with van der Waals surface area (Å²) in [7, 11) is 0. The van der Waals surface area contributed by atoms with Crippen LogP contribution in [0.15, 0.2) is 60.7 Å². The molecule has 25 heavy (non-hydrogen) atoms. The maximum Gasteiger partial charge on any atom is 0.238 e. The van der Waals surface area contributed by atoms with E-state index >= 15 is 0 Å². The Morgan fingerprint density at radius 1 is 0.840 bits per heavy atom. The summed E-state index contributed by atoms with van der Waals surface area (Å²) in [4.78, 5) is 26.5. The molecule has 2 aromatic rings. The van der Waals surface area contributed by atoms with Gasteiger partial charge in [-0.2, -0.15) is 0 Å². The van der Waals surface area contributed by atoms with Crippen molar-refractivity contribution in [3.05, 3.63) is 60.7 Å². The molecule has 0 bridgehead atoms. The molecule has 2 amide bonds. The van der Waals surface area contributed by atoms with Gasteiger partial charge in [-0.15, -0.1) is 0 Å². The van der Waals surface area contributed by atoms with Crippen molar-refractivity contribution < 1.29 is 9.59 Å². The van der Waals surface area contributed by atoms with Crippen molar-refractivity contribution in [3.63, 3.8) is 0 Å². The Hall–Kier alpha value is -2.66. The van der Waals surface area contributed by atoms with Crippen molar-refractivity contribution in [1.82, 2.24) is 4.90 Å². The fourth-order valence-corrected chi connectivity index (χ4v) is 3.04. The molecule has 2 N–H and O–H groups in total. The van der Waals surface area contributed by atoms with Crippen molar-refractivity contribution in [2.75, 3.05) is 30.3 Å². The molecule has 1 heterocycles. The van der Waals surface area contributed by atoms with Crippen molar-refractivity contribution >= 4 is 23.2 Å². The van der Waals surface area contributed by atoms with E-state index in [0.29, 0.717) is 6.54 Å². The highest BCUT2D eigenvalue weighted by Gasteiger charge is 2.25. The first-order valence-corrected chi connectivity index (χ1v) is 8.64. The van der Waals surface area contributed by atoms with Crippen LogP contribution in [0.4, 0.5) is 11.4 Å². The quantitative estimate of drug-likeness (QED) is 0.882. The highest BCUT2D eigenvalue weighted by molar-refractivity contribution is 5.93. The summed E-state index contributed by atoms with van der Waals surface area (Å²) in [6.45, 7) is 1.88. The van der Waals surface area contributed by atoms with Crippen LogP contribution in [0.1, 0.15) is 12.8 Å². The third-order valence-electron chi connectivity index (χ3n) is 4.42. The number of anilines is 2. The molecule has 0 unspecified atom stereocenters. The molecule has 5 heteroatoms. The molecule has 5 nitrogen and oxygen atoms in total. The second kappa shape index (κ2) is 8.44. The number of benzene rings is 2. The number of likely N-dealkylation sites (tertiary alicyclic amines) is 1. The van der Waals surface area contributed by atoms with Gasteiger partial charge in [-0.3, -0.25) is 14.5 Å². The summed E-state index contributed by atoms with van der Waals surface area (Å²) < 4.78 is 0. The highest BCUT2D eigenvalue weighted by Crippen LogP contribution is 2.19. The van der Waals surface area contributed by atoms with Gasteiger partial charge < -0.3 is 10.6 Å². The number of carbonyl (C=O) groups excluding carboxylic acids is 2. The molecule has 1 aliphatic heterocycles. The third-order valence-corrected chi connectivity index (χ3v) is 4.42. The van der Waals surface area contributed by atoms with Gasteiger partial charge in [-0.05, 0) is 50.2 Å². The lowest BCUT2D eigenvalue weighted by atomic mass is 9.96. The molecule has 0 atom stereocenters. The van der Waals surface area contributed by atoms with Gasteiger partial charge in [0, 0.05) is 17.3 Å². The van der Waals surface area contributed by atoms with Gasteiger partial charge in [0.2, 0.25) is 11.8 Å². The minimum Gasteiger partial charge on any atom is -0.326 e. The van der Waals surface area contributed by atoms with E-state index in [1.54, 1.807) is 0 Å². The zero-order valence-corrected chi connectivity index (χ0v) is 14.2. The molecule has 0 aromatic heterocycles. The normalized spacial score (nSPS) is 15.5. The number of hydrogen-bond donors (Lipinski definition) is 2. The lowest BCUT2D eigenvalue weighted by molar-refractivity contribution is -0.121. The number of nitrogens with one attached hydrogen (secondary N) is 2. The predicted molar refractivity (Wildman–Crippen MR) is 99.3 cm³/mol. The lowest BCUT2D eigenvalue weighted by Crippen LogP contribution is -2.41. The lowest BCUT2D eigenvalue weighted by Gasteiger charge is -2.30. The Morgan fingerprint density at radius 3 is 1.92 bits per heavy atom. The van der Waals surface area contributed by atoms with Crippen LogP contribution in [0.3, 0.4) is 0 Å². The first-order valence-electron chi connectivity index (χ1n) is 8.64. The molecule has 1 saturated heterocycles. The van der Waals surface area contributed by atoms with Gasteiger partial charge in [-0.25, -0.2) is 0 Å². The van der Waals surface area contributed by atoms with Crippen LogP contribution >= 0.6 is 0 Å². The van der Waals surface area contributed by atoms with Crippen LogP contribution in [0.2, 0.25) is 0 Å². The average molecular weight is 337 g/mol. The number of carbonyl (C=O) groups is 2. The Labute approximate surface area is 148 Å². The Bertz CT molecular complexity index is 695. The summed E-state index contributed by atoms with van der Waals surface area (Å²) in [5.74, 6) is 0.0617. The Morgan fingerprint density at radius 2 is 1.36 bits per heavy atom. The number of hydrogen-bond acceptors (Lipinski definition) is 3. The maximum atomic E-state index is 12.3. The molecule has 1 aliphatic rings. The van der Waals surface area contributed by atoms with Crippen LogP contribution < -0.4 is 10.6 Å². The topological polar surface area (TPSA) is 61.4 Å². The number of rotatable bonds is 5. The second-order valence-electron chi connectivity index (χ2n) is 6.32. The summed E-state index contributed by atoms with van der Waals surface area (Å²) in [5.41, 5.74) is 1.64. The van der Waals surface area contributed by atoms with E-state index in [4.69, 9.17) is 0 Å². The Balaban J connectivity index is 1.42. The summed E-state index contributed by atoms with van der Waals surface area (Å²) in [6.07, 6.45) is 1.55. The molecular weight excluding hydrogens is 314 g/mol. The molecule has 0 saturated carbocycles. The Kier molecular flexibility index (Phi) is 5.80. The van der Waals surface area contributed by atoms with E-state index in [0.717, 1.165) is 37.3 Å². The van der Waals surface area contributed by atoms with Crippen LogP contribution in [0.5, 0.6) is 0 Å². The van der Waals surface area contributed by atoms with Crippen molar-refractivity contribution in [2.24, 2.45) is 5.92 Å². The fraction of sp³-hybridized carbons (Fsp3) is 0.300. The number of piperidine rings is 1. The van der Waals surface area contributed by atoms with Crippen molar-refractivity contribution in [1.29, 1.82) is 0 Å². The molecule has 1 fully saturated rings. The second-order valence-corrected chi connectivity index (χ2v) is 6.32. The van der Waals surface area contributed by atoms with E-state index in [-0.39, 0.29) is 17.7 Å². The zero-order valence-electron chi connectivity index (χ0n) is 14.2. The molecule has 2 aromatic carbocycles. The van der Waals surface area contributed by atoms with E-state index in [9.17, 15) is 9.59 Å². The number of amides is 2. The largest absolute Gasteiger partial charge is 0.326 e. The smallest absolute Gasteiger partial charge is 0.238 e. The van der Waals surface area contributed by atoms with Gasteiger partial charge in [0.1, 0.15) is 0 Å². The third kappa shape index (κ3) is 5.16. The molecule has 130 valence electrons. The molecule has 3 rings (SSSR count).